The Balaban J connectivity index is 1.61. The number of benzene rings is 3. The average Bonchev–Trinajstić information content (AvgIpc) is 3.07. The lowest BCUT2D eigenvalue weighted by atomic mass is 10.2. The monoisotopic (exact) mass is 431 g/mol. The lowest BCUT2D eigenvalue weighted by Crippen LogP contribution is -2.11. The van der Waals surface area contributed by atoms with E-state index in [1.165, 1.54) is 0 Å². The van der Waals surface area contributed by atoms with Crippen molar-refractivity contribution in [3.05, 3.63) is 75.2 Å². The Morgan fingerprint density at radius 3 is 2.29 bits per heavy atom. The van der Waals surface area contributed by atoms with Gasteiger partial charge in [0.15, 0.2) is 0 Å². The number of primary amides is 1. The minimum atomic E-state index is -0.591. The van der Waals surface area contributed by atoms with Crippen LogP contribution in [0.4, 0.5) is 0 Å². The fourth-order valence-electron chi connectivity index (χ4n) is 2.71. The molecule has 28 heavy (non-hydrogen) atoms. The van der Waals surface area contributed by atoms with Gasteiger partial charge in [-0.2, -0.15) is 0 Å². The van der Waals surface area contributed by atoms with Gasteiger partial charge in [-0.05, 0) is 48.5 Å². The third kappa shape index (κ3) is 3.64. The second kappa shape index (κ2) is 7.36. The van der Waals surface area contributed by atoms with Crippen LogP contribution in [0, 0.1) is 0 Å². The number of nitrogens with two attached hydrogens (primary N) is 1. The first-order valence-electron chi connectivity index (χ1n) is 8.13. The van der Waals surface area contributed by atoms with Gasteiger partial charge >= 0.3 is 0 Å². The summed E-state index contributed by atoms with van der Waals surface area (Å²) in [5.41, 5.74) is 7.73. The molecular formula is C20H12Cl3N3O2. The maximum atomic E-state index is 11.4. The van der Waals surface area contributed by atoms with Crippen LogP contribution < -0.4 is 10.5 Å². The van der Waals surface area contributed by atoms with Crippen LogP contribution in [0.1, 0.15) is 10.4 Å². The summed E-state index contributed by atoms with van der Waals surface area (Å²) in [5.74, 6) is 1.26. The van der Waals surface area contributed by atoms with Gasteiger partial charge in [-0.3, -0.25) is 4.79 Å². The standard InChI is InChI=1S/C20H12Cl3N3O2/c21-14-6-5-12(7-16(14)23)28-11-3-1-10(2-4-11)20-25-17-8-13(19(24)27)15(22)9-18(17)26-20/h1-9H,(H2,24,27)(H,25,26). The highest BCUT2D eigenvalue weighted by molar-refractivity contribution is 6.42. The first kappa shape index (κ1) is 18.6. The number of hydrogen-bond donors (Lipinski definition) is 2. The molecule has 4 aromatic rings. The number of halogens is 3. The van der Waals surface area contributed by atoms with Crippen molar-refractivity contribution in [2.45, 2.75) is 0 Å². The number of H-pyrrole nitrogens is 1. The van der Waals surface area contributed by atoms with Gasteiger partial charge in [0.25, 0.3) is 0 Å². The molecule has 1 heterocycles. The number of hydrogen-bond acceptors (Lipinski definition) is 3. The lowest BCUT2D eigenvalue weighted by molar-refractivity contribution is 0.100. The van der Waals surface area contributed by atoms with Crippen molar-refractivity contribution in [1.82, 2.24) is 9.97 Å². The van der Waals surface area contributed by atoms with Gasteiger partial charge in [0.1, 0.15) is 17.3 Å². The van der Waals surface area contributed by atoms with Crippen molar-refractivity contribution in [3.8, 4) is 22.9 Å². The SMILES string of the molecule is NC(=O)c1cc2[nH]c(-c3ccc(Oc4ccc(Cl)c(Cl)c4)cc3)nc2cc1Cl. The molecule has 3 aromatic carbocycles. The van der Waals surface area contributed by atoms with E-state index < -0.39 is 5.91 Å². The molecule has 140 valence electrons. The average molecular weight is 433 g/mol. The van der Waals surface area contributed by atoms with Crippen LogP contribution in [-0.4, -0.2) is 15.9 Å². The number of amides is 1. The van der Waals surface area contributed by atoms with Gasteiger partial charge in [0.05, 0.1) is 31.7 Å². The molecule has 0 aliphatic rings. The molecule has 0 unspecified atom stereocenters. The number of nitrogens with zero attached hydrogens (tertiary/aromatic N) is 1. The van der Waals surface area contributed by atoms with Crippen LogP contribution in [0.3, 0.4) is 0 Å². The molecule has 1 aromatic heterocycles. The van der Waals surface area contributed by atoms with E-state index in [2.05, 4.69) is 9.97 Å². The number of carbonyl (C=O) groups is 1. The van der Waals surface area contributed by atoms with Crippen LogP contribution in [0.15, 0.2) is 54.6 Å². The summed E-state index contributed by atoms with van der Waals surface area (Å²) in [7, 11) is 0. The molecule has 4 rings (SSSR count). The van der Waals surface area contributed by atoms with E-state index in [1.807, 2.05) is 24.3 Å². The molecule has 0 bridgehead atoms. The second-order valence-corrected chi connectivity index (χ2v) is 7.22. The molecule has 1 amide bonds. The predicted octanol–water partition coefficient (Wildman–Crippen LogP) is 6.08. The minimum absolute atomic E-state index is 0.245. The van der Waals surface area contributed by atoms with E-state index in [-0.39, 0.29) is 10.6 Å². The molecule has 0 atom stereocenters. The van der Waals surface area contributed by atoms with E-state index in [1.54, 1.807) is 30.3 Å². The summed E-state index contributed by atoms with van der Waals surface area (Å²) in [5, 5.41) is 1.16. The smallest absolute Gasteiger partial charge is 0.250 e. The molecule has 0 aliphatic heterocycles. The molecule has 0 saturated carbocycles. The van der Waals surface area contributed by atoms with E-state index >= 15 is 0 Å². The molecule has 0 radical (unpaired) electrons. The summed E-state index contributed by atoms with van der Waals surface area (Å²) in [6, 6.07) is 15.6. The fourth-order valence-corrected chi connectivity index (χ4v) is 3.25. The zero-order chi connectivity index (χ0) is 19.8. The summed E-state index contributed by atoms with van der Waals surface area (Å²) in [4.78, 5) is 19.1. The van der Waals surface area contributed by atoms with Crippen LogP contribution >= 0.6 is 34.8 Å². The Morgan fingerprint density at radius 1 is 0.893 bits per heavy atom. The number of aromatic nitrogens is 2. The van der Waals surface area contributed by atoms with Crippen LogP contribution in [0.2, 0.25) is 15.1 Å². The Kier molecular flexibility index (Phi) is 4.89. The van der Waals surface area contributed by atoms with Crippen LogP contribution in [-0.2, 0) is 0 Å². The molecule has 0 fully saturated rings. The summed E-state index contributed by atoms with van der Waals surface area (Å²) in [6.07, 6.45) is 0. The minimum Gasteiger partial charge on any atom is -0.457 e. The molecule has 0 spiro atoms. The largest absolute Gasteiger partial charge is 0.457 e. The third-order valence-corrected chi connectivity index (χ3v) is 5.14. The van der Waals surface area contributed by atoms with Crippen LogP contribution in [0.25, 0.3) is 22.4 Å². The number of ether oxygens (including phenoxy) is 1. The zero-order valence-corrected chi connectivity index (χ0v) is 16.4. The number of rotatable bonds is 4. The van der Waals surface area contributed by atoms with Gasteiger partial charge in [-0.25, -0.2) is 4.98 Å². The predicted molar refractivity (Wildman–Crippen MR) is 112 cm³/mol. The summed E-state index contributed by atoms with van der Waals surface area (Å²) in [6.45, 7) is 0. The van der Waals surface area contributed by atoms with E-state index in [4.69, 9.17) is 45.3 Å². The van der Waals surface area contributed by atoms with Gasteiger partial charge in [0.2, 0.25) is 5.91 Å². The maximum Gasteiger partial charge on any atom is 0.250 e. The van der Waals surface area contributed by atoms with Gasteiger partial charge < -0.3 is 15.5 Å². The maximum absolute atomic E-state index is 11.4. The van der Waals surface area contributed by atoms with Crippen molar-refractivity contribution in [3.63, 3.8) is 0 Å². The Labute approximate surface area is 175 Å². The molecule has 3 N–H and O–H groups in total. The molecule has 5 nitrogen and oxygen atoms in total. The van der Waals surface area contributed by atoms with Crippen molar-refractivity contribution in [2.75, 3.05) is 0 Å². The van der Waals surface area contributed by atoms with E-state index in [0.717, 1.165) is 5.56 Å². The Bertz CT molecular complexity index is 1200. The van der Waals surface area contributed by atoms with Gasteiger partial charge in [-0.15, -0.1) is 0 Å². The fraction of sp³-hybridized carbons (Fsp3) is 0. The van der Waals surface area contributed by atoms with Crippen LogP contribution in [0.5, 0.6) is 11.5 Å². The van der Waals surface area contributed by atoms with E-state index in [9.17, 15) is 4.79 Å². The first-order chi connectivity index (χ1) is 13.4. The summed E-state index contributed by atoms with van der Waals surface area (Å²) < 4.78 is 5.78. The van der Waals surface area contributed by atoms with Gasteiger partial charge in [-0.1, -0.05) is 34.8 Å². The van der Waals surface area contributed by atoms with Gasteiger partial charge in [0, 0.05) is 11.6 Å². The topological polar surface area (TPSA) is 81.0 Å². The second-order valence-electron chi connectivity index (χ2n) is 6.00. The molecular weight excluding hydrogens is 421 g/mol. The zero-order valence-electron chi connectivity index (χ0n) is 14.2. The van der Waals surface area contributed by atoms with E-state index in [0.29, 0.717) is 38.4 Å². The molecule has 0 saturated heterocycles. The number of fused-ring (bicyclic) bond motifs is 1. The lowest BCUT2D eigenvalue weighted by Gasteiger charge is -2.07. The number of carbonyl (C=O) groups excluding carboxylic acids is 1. The number of aromatic amines is 1. The normalized spacial score (nSPS) is 11.0. The van der Waals surface area contributed by atoms with Crippen molar-refractivity contribution >= 4 is 51.7 Å². The Hall–Kier alpha value is -2.73. The van der Waals surface area contributed by atoms with Crippen molar-refractivity contribution < 1.29 is 9.53 Å². The highest BCUT2D eigenvalue weighted by Gasteiger charge is 2.12. The van der Waals surface area contributed by atoms with Crippen molar-refractivity contribution in [1.29, 1.82) is 0 Å². The Morgan fingerprint density at radius 2 is 1.61 bits per heavy atom. The quantitative estimate of drug-likeness (QED) is 0.410. The third-order valence-electron chi connectivity index (χ3n) is 4.09. The van der Waals surface area contributed by atoms with Crippen molar-refractivity contribution in [2.24, 2.45) is 5.73 Å². The molecule has 8 heteroatoms. The molecule has 0 aliphatic carbocycles. The first-order valence-corrected chi connectivity index (χ1v) is 9.26. The summed E-state index contributed by atoms with van der Waals surface area (Å²) >= 11 is 18.0. The highest BCUT2D eigenvalue weighted by atomic mass is 35.5. The number of imidazole rings is 1. The number of nitrogens with one attached hydrogen (secondary N) is 1. The highest BCUT2D eigenvalue weighted by Crippen LogP contribution is 2.31.